The first kappa shape index (κ1) is 25.9. The van der Waals surface area contributed by atoms with E-state index >= 15 is 0 Å². The summed E-state index contributed by atoms with van der Waals surface area (Å²) < 4.78 is 30.6. The highest BCUT2D eigenvalue weighted by molar-refractivity contribution is 14.0. The van der Waals surface area contributed by atoms with Crippen molar-refractivity contribution in [3.8, 4) is 5.75 Å². The average molecular weight is 512 g/mol. The van der Waals surface area contributed by atoms with E-state index in [-0.39, 0.29) is 29.7 Å². The van der Waals surface area contributed by atoms with Crippen LogP contribution >= 0.6 is 24.0 Å². The molecule has 0 radical (unpaired) electrons. The molecule has 0 fully saturated rings. The van der Waals surface area contributed by atoms with Crippen molar-refractivity contribution in [1.82, 2.24) is 14.5 Å². The van der Waals surface area contributed by atoms with Gasteiger partial charge in [-0.2, -0.15) is 0 Å². The number of ether oxygens (including phenoxy) is 1. The molecule has 1 rings (SSSR count). The Morgan fingerprint density at radius 1 is 1.15 bits per heavy atom. The molecule has 0 aliphatic rings. The van der Waals surface area contributed by atoms with Crippen molar-refractivity contribution in [3.05, 3.63) is 30.3 Å². The monoisotopic (exact) mass is 512 g/mol. The molecule has 0 unspecified atom stereocenters. The van der Waals surface area contributed by atoms with E-state index in [2.05, 4.69) is 10.3 Å². The predicted molar refractivity (Wildman–Crippen MR) is 123 cm³/mol. The van der Waals surface area contributed by atoms with Crippen molar-refractivity contribution in [1.29, 1.82) is 0 Å². The van der Waals surface area contributed by atoms with Gasteiger partial charge in [-0.05, 0) is 32.4 Å². The Morgan fingerprint density at radius 2 is 1.81 bits per heavy atom. The van der Waals surface area contributed by atoms with E-state index in [1.807, 2.05) is 49.2 Å². The normalized spacial score (nSPS) is 11.8. The number of guanidine groups is 1. The number of para-hydroxylation sites is 1. The Bertz CT molecular complexity index is 641. The number of nitrogens with one attached hydrogen (secondary N) is 1. The number of hydrogen-bond donors (Lipinski definition) is 1. The molecule has 27 heavy (non-hydrogen) atoms. The van der Waals surface area contributed by atoms with Crippen molar-refractivity contribution < 1.29 is 13.2 Å². The lowest BCUT2D eigenvalue weighted by Crippen LogP contribution is -2.41. The van der Waals surface area contributed by atoms with Gasteiger partial charge in [0.25, 0.3) is 0 Å². The molecule has 0 spiro atoms. The number of aliphatic imine (C=N–C) groups is 1. The van der Waals surface area contributed by atoms with Crippen LogP contribution in [0.15, 0.2) is 35.3 Å². The first-order valence-electron chi connectivity index (χ1n) is 9.02. The van der Waals surface area contributed by atoms with Gasteiger partial charge in [0.1, 0.15) is 12.4 Å². The fourth-order valence-corrected chi connectivity index (χ4v) is 3.08. The Labute approximate surface area is 181 Å². The van der Waals surface area contributed by atoms with E-state index in [9.17, 15) is 8.42 Å². The van der Waals surface area contributed by atoms with E-state index in [1.54, 1.807) is 14.0 Å². The molecular weight excluding hydrogens is 479 g/mol. The predicted octanol–water partition coefficient (Wildman–Crippen LogP) is 2.25. The zero-order chi connectivity index (χ0) is 19.4. The summed E-state index contributed by atoms with van der Waals surface area (Å²) in [5.41, 5.74) is 0. The van der Waals surface area contributed by atoms with Crippen molar-refractivity contribution in [2.45, 2.75) is 20.3 Å². The lowest BCUT2D eigenvalue weighted by atomic mass is 10.3. The molecule has 156 valence electrons. The molecule has 7 nitrogen and oxygen atoms in total. The summed E-state index contributed by atoms with van der Waals surface area (Å²) in [5.74, 6) is 1.77. The molecule has 0 saturated heterocycles. The Morgan fingerprint density at radius 3 is 2.41 bits per heavy atom. The minimum absolute atomic E-state index is 0. The molecule has 0 amide bonds. The molecule has 0 saturated carbocycles. The standard InChI is InChI=1S/C18H32N4O3S.HI/c1-5-19-18(20-13-10-14-22(4)26(23,24)6-2)21(3)15-16-25-17-11-8-7-9-12-17;/h7-9,11-12H,5-6,10,13-16H2,1-4H3,(H,19,20);1H. The molecule has 9 heteroatoms. The molecule has 0 aromatic heterocycles. The number of rotatable bonds is 11. The summed E-state index contributed by atoms with van der Waals surface area (Å²) in [5, 5.41) is 3.25. The molecule has 0 bridgehead atoms. The smallest absolute Gasteiger partial charge is 0.213 e. The molecule has 1 aromatic carbocycles. The molecule has 0 atom stereocenters. The molecule has 1 N–H and O–H groups in total. The van der Waals surface area contributed by atoms with Crippen LogP contribution in [0.3, 0.4) is 0 Å². The molecule has 0 aliphatic carbocycles. The van der Waals surface area contributed by atoms with Gasteiger partial charge in [0.2, 0.25) is 10.0 Å². The number of halogens is 1. The number of sulfonamides is 1. The third kappa shape index (κ3) is 10.2. The maximum atomic E-state index is 11.7. The fraction of sp³-hybridized carbons (Fsp3) is 0.611. The van der Waals surface area contributed by atoms with Crippen molar-refractivity contribution in [3.63, 3.8) is 0 Å². The highest BCUT2D eigenvalue weighted by atomic mass is 127. The van der Waals surface area contributed by atoms with Crippen LogP contribution in [0.1, 0.15) is 20.3 Å². The number of nitrogens with zero attached hydrogens (tertiary/aromatic N) is 3. The Kier molecular flexibility index (Phi) is 13.4. The SMILES string of the molecule is CCNC(=NCCCN(C)S(=O)(=O)CC)N(C)CCOc1ccccc1.I. The first-order chi connectivity index (χ1) is 12.4. The molecule has 0 aliphatic heterocycles. The summed E-state index contributed by atoms with van der Waals surface area (Å²) in [6.45, 7) is 6.74. The second-order valence-electron chi connectivity index (χ2n) is 5.89. The van der Waals surface area contributed by atoms with Gasteiger partial charge in [0, 0.05) is 33.7 Å². The highest BCUT2D eigenvalue weighted by Crippen LogP contribution is 2.07. The number of likely N-dealkylation sites (N-methyl/N-ethyl adjacent to an activating group) is 1. The van der Waals surface area contributed by atoms with Gasteiger partial charge in [0.15, 0.2) is 5.96 Å². The third-order valence-electron chi connectivity index (χ3n) is 3.87. The van der Waals surface area contributed by atoms with E-state index < -0.39 is 10.0 Å². The van der Waals surface area contributed by atoms with Gasteiger partial charge in [-0.15, -0.1) is 24.0 Å². The first-order valence-corrected chi connectivity index (χ1v) is 10.6. The van der Waals surface area contributed by atoms with Crippen molar-refractivity contribution in [2.75, 3.05) is 52.6 Å². The average Bonchev–Trinajstić information content (AvgIpc) is 2.64. The summed E-state index contributed by atoms with van der Waals surface area (Å²) in [6.07, 6.45) is 0.680. The summed E-state index contributed by atoms with van der Waals surface area (Å²) in [6, 6.07) is 9.71. The van der Waals surface area contributed by atoms with E-state index in [1.165, 1.54) is 4.31 Å². The quantitative estimate of drug-likeness (QED) is 0.213. The van der Waals surface area contributed by atoms with Gasteiger partial charge in [-0.1, -0.05) is 18.2 Å². The van der Waals surface area contributed by atoms with Crippen molar-refractivity contribution in [2.24, 2.45) is 4.99 Å². The van der Waals surface area contributed by atoms with Crippen LogP contribution in [-0.2, 0) is 10.0 Å². The van der Waals surface area contributed by atoms with Crippen LogP contribution in [0.5, 0.6) is 5.75 Å². The maximum absolute atomic E-state index is 11.7. The lowest BCUT2D eigenvalue weighted by Gasteiger charge is -2.22. The Balaban J connectivity index is 0.00000676. The van der Waals surface area contributed by atoms with Crippen LogP contribution in [0, 0.1) is 0 Å². The van der Waals surface area contributed by atoms with Crippen LogP contribution in [0.4, 0.5) is 0 Å². The second kappa shape index (κ2) is 14.0. The van der Waals surface area contributed by atoms with Crippen LogP contribution in [-0.4, -0.2) is 76.2 Å². The topological polar surface area (TPSA) is 74.2 Å². The maximum Gasteiger partial charge on any atom is 0.213 e. The van der Waals surface area contributed by atoms with Crippen LogP contribution in [0.25, 0.3) is 0 Å². The number of hydrogen-bond acceptors (Lipinski definition) is 4. The van der Waals surface area contributed by atoms with Gasteiger partial charge in [-0.3, -0.25) is 4.99 Å². The number of benzene rings is 1. The minimum Gasteiger partial charge on any atom is -0.492 e. The van der Waals surface area contributed by atoms with Gasteiger partial charge < -0.3 is 15.0 Å². The molecular formula is C18H33IN4O3S. The van der Waals surface area contributed by atoms with Gasteiger partial charge in [-0.25, -0.2) is 12.7 Å². The largest absolute Gasteiger partial charge is 0.492 e. The van der Waals surface area contributed by atoms with E-state index in [4.69, 9.17) is 4.74 Å². The summed E-state index contributed by atoms with van der Waals surface area (Å²) in [4.78, 5) is 6.59. The molecule has 0 heterocycles. The zero-order valence-corrected chi connectivity index (χ0v) is 19.9. The molecule has 1 aromatic rings. The highest BCUT2D eigenvalue weighted by Gasteiger charge is 2.14. The summed E-state index contributed by atoms with van der Waals surface area (Å²) in [7, 11) is 0.452. The minimum atomic E-state index is -3.12. The van der Waals surface area contributed by atoms with Crippen molar-refractivity contribution >= 4 is 40.0 Å². The fourth-order valence-electron chi connectivity index (χ4n) is 2.23. The van der Waals surface area contributed by atoms with Crippen LogP contribution in [0.2, 0.25) is 0 Å². The van der Waals surface area contributed by atoms with Gasteiger partial charge >= 0.3 is 0 Å². The van der Waals surface area contributed by atoms with Crippen LogP contribution < -0.4 is 10.1 Å². The summed E-state index contributed by atoms with van der Waals surface area (Å²) >= 11 is 0. The van der Waals surface area contributed by atoms with E-state index in [0.29, 0.717) is 32.7 Å². The third-order valence-corrected chi connectivity index (χ3v) is 5.73. The van der Waals surface area contributed by atoms with E-state index in [0.717, 1.165) is 18.3 Å². The Hall–Kier alpha value is -1.07. The zero-order valence-electron chi connectivity index (χ0n) is 16.7. The second-order valence-corrected chi connectivity index (χ2v) is 8.26. The lowest BCUT2D eigenvalue weighted by molar-refractivity contribution is 0.281. The van der Waals surface area contributed by atoms with Gasteiger partial charge in [0.05, 0.1) is 12.3 Å².